The Labute approximate surface area is 125 Å². The van der Waals surface area contributed by atoms with Gasteiger partial charge in [0.05, 0.1) is 13.0 Å². The molecule has 0 saturated carbocycles. The summed E-state index contributed by atoms with van der Waals surface area (Å²) in [5.41, 5.74) is 2.65. The van der Waals surface area contributed by atoms with Crippen molar-refractivity contribution < 1.29 is 23.1 Å². The number of rotatable bonds is 4. The molecule has 0 fully saturated rings. The molecule has 120 valence electrons. The van der Waals surface area contributed by atoms with Crippen LogP contribution in [-0.4, -0.2) is 46.8 Å². The van der Waals surface area contributed by atoms with Crippen LogP contribution in [0.2, 0.25) is 0 Å². The number of hydrogen-bond acceptors (Lipinski definition) is 2. The van der Waals surface area contributed by atoms with Crippen molar-refractivity contribution in [3.8, 4) is 0 Å². The van der Waals surface area contributed by atoms with Gasteiger partial charge < -0.3 is 15.0 Å². The molecule has 1 atom stereocenters. The van der Waals surface area contributed by atoms with Gasteiger partial charge in [0.2, 0.25) is 5.91 Å². The lowest BCUT2D eigenvalue weighted by Gasteiger charge is -2.22. The predicted molar refractivity (Wildman–Crippen MR) is 76.4 cm³/mol. The number of nitrogens with zero attached hydrogens (tertiary/aromatic N) is 1. The average molecular weight is 314 g/mol. The van der Waals surface area contributed by atoms with E-state index in [1.807, 2.05) is 25.1 Å². The Morgan fingerprint density at radius 3 is 2.73 bits per heavy atom. The van der Waals surface area contributed by atoms with E-state index in [0.717, 1.165) is 26.9 Å². The zero-order valence-corrected chi connectivity index (χ0v) is 12.2. The van der Waals surface area contributed by atoms with Crippen molar-refractivity contribution in [2.75, 3.05) is 13.6 Å². The number of hydrogen-bond donors (Lipinski definition) is 2. The van der Waals surface area contributed by atoms with E-state index >= 15 is 0 Å². The number of aryl methyl sites for hydroxylation is 1. The first kappa shape index (κ1) is 16.4. The van der Waals surface area contributed by atoms with E-state index in [1.165, 1.54) is 7.05 Å². The summed E-state index contributed by atoms with van der Waals surface area (Å²) in [6.07, 6.45) is -5.60. The zero-order valence-electron chi connectivity index (χ0n) is 12.2. The number of likely N-dealkylation sites (N-methyl/N-ethyl adjacent to an activating group) is 1. The van der Waals surface area contributed by atoms with Crippen molar-refractivity contribution >= 4 is 16.8 Å². The van der Waals surface area contributed by atoms with E-state index < -0.39 is 24.7 Å². The van der Waals surface area contributed by atoms with Gasteiger partial charge in [0.1, 0.15) is 0 Å². The third-order valence-electron chi connectivity index (χ3n) is 3.60. The highest BCUT2D eigenvalue weighted by Crippen LogP contribution is 2.23. The summed E-state index contributed by atoms with van der Waals surface area (Å²) in [4.78, 5) is 16.0. The molecule has 0 radical (unpaired) electrons. The number of para-hydroxylation sites is 1. The summed E-state index contributed by atoms with van der Waals surface area (Å²) in [6, 6.07) is 5.64. The molecule has 1 aromatic heterocycles. The number of amides is 1. The summed E-state index contributed by atoms with van der Waals surface area (Å²) < 4.78 is 36.9. The van der Waals surface area contributed by atoms with Gasteiger partial charge in [0.25, 0.3) is 0 Å². The molecular formula is C15H17F3N2O2. The fraction of sp³-hybridized carbons (Fsp3) is 0.400. The van der Waals surface area contributed by atoms with Crippen LogP contribution in [0, 0.1) is 6.92 Å². The van der Waals surface area contributed by atoms with E-state index in [-0.39, 0.29) is 6.42 Å². The zero-order chi connectivity index (χ0) is 16.5. The summed E-state index contributed by atoms with van der Waals surface area (Å²) in [7, 11) is 1.25. The van der Waals surface area contributed by atoms with Gasteiger partial charge in [-0.1, -0.05) is 18.2 Å². The molecule has 7 heteroatoms. The molecule has 0 saturated heterocycles. The van der Waals surface area contributed by atoms with E-state index in [4.69, 9.17) is 5.11 Å². The van der Waals surface area contributed by atoms with Crippen molar-refractivity contribution in [3.63, 3.8) is 0 Å². The van der Waals surface area contributed by atoms with E-state index in [9.17, 15) is 18.0 Å². The number of halogens is 3. The van der Waals surface area contributed by atoms with Gasteiger partial charge in [-0.2, -0.15) is 13.2 Å². The van der Waals surface area contributed by atoms with Crippen LogP contribution in [0.3, 0.4) is 0 Å². The summed E-state index contributed by atoms with van der Waals surface area (Å²) in [5, 5.41) is 9.89. The molecule has 1 aromatic carbocycles. The number of alkyl halides is 3. The molecular weight excluding hydrogens is 297 g/mol. The first-order valence-corrected chi connectivity index (χ1v) is 6.74. The second-order valence-corrected chi connectivity index (χ2v) is 5.32. The number of H-pyrrole nitrogens is 1. The summed E-state index contributed by atoms with van der Waals surface area (Å²) in [5.74, 6) is -0.481. The topological polar surface area (TPSA) is 56.3 Å². The lowest BCUT2D eigenvalue weighted by Crippen LogP contribution is -2.42. The molecule has 22 heavy (non-hydrogen) atoms. The van der Waals surface area contributed by atoms with Crippen LogP contribution in [0.5, 0.6) is 0 Å². The first-order chi connectivity index (χ1) is 10.2. The molecule has 2 N–H and O–H groups in total. The highest BCUT2D eigenvalue weighted by Gasteiger charge is 2.39. The standard InChI is InChI=1S/C15H17F3N2O2/c1-9-4-3-5-11-10(7-19-14(9)11)6-13(22)20(2)8-12(21)15(16,17)18/h3-5,7,12,19,21H,6,8H2,1-2H3. The largest absolute Gasteiger partial charge is 0.416 e. The van der Waals surface area contributed by atoms with Gasteiger partial charge in [-0.05, 0) is 18.1 Å². The third-order valence-corrected chi connectivity index (χ3v) is 3.60. The minimum absolute atomic E-state index is 0.0233. The van der Waals surface area contributed by atoms with Crippen molar-refractivity contribution in [3.05, 3.63) is 35.5 Å². The number of fused-ring (bicyclic) bond motifs is 1. The number of aliphatic hydroxyl groups is 1. The van der Waals surface area contributed by atoms with Crippen LogP contribution in [0.1, 0.15) is 11.1 Å². The summed E-state index contributed by atoms with van der Waals surface area (Å²) in [6.45, 7) is 1.15. The molecule has 0 spiro atoms. The fourth-order valence-corrected chi connectivity index (χ4v) is 2.27. The molecule has 0 aliphatic carbocycles. The minimum Gasteiger partial charge on any atom is -0.382 e. The number of nitrogens with one attached hydrogen (secondary N) is 1. The van der Waals surface area contributed by atoms with Gasteiger partial charge in [0, 0.05) is 24.1 Å². The normalized spacial score (nSPS) is 13.4. The van der Waals surface area contributed by atoms with Crippen LogP contribution in [-0.2, 0) is 11.2 Å². The average Bonchev–Trinajstić information content (AvgIpc) is 2.82. The Balaban J connectivity index is 2.09. The van der Waals surface area contributed by atoms with Crippen molar-refractivity contribution in [1.29, 1.82) is 0 Å². The van der Waals surface area contributed by atoms with E-state index in [2.05, 4.69) is 4.98 Å². The van der Waals surface area contributed by atoms with Gasteiger partial charge in [-0.15, -0.1) is 0 Å². The predicted octanol–water partition coefficient (Wildman–Crippen LogP) is 2.40. The van der Waals surface area contributed by atoms with Gasteiger partial charge in [-0.25, -0.2) is 0 Å². The Morgan fingerprint density at radius 2 is 2.09 bits per heavy atom. The number of aliphatic hydroxyl groups excluding tert-OH is 1. The Morgan fingerprint density at radius 1 is 1.41 bits per heavy atom. The molecule has 0 aliphatic heterocycles. The molecule has 2 aromatic rings. The Kier molecular flexibility index (Phi) is 4.46. The number of benzene rings is 1. The smallest absolute Gasteiger partial charge is 0.382 e. The quantitative estimate of drug-likeness (QED) is 0.910. The van der Waals surface area contributed by atoms with Crippen LogP contribution in [0.25, 0.3) is 10.9 Å². The highest BCUT2D eigenvalue weighted by atomic mass is 19.4. The minimum atomic E-state index is -4.73. The lowest BCUT2D eigenvalue weighted by molar-refractivity contribution is -0.207. The maximum Gasteiger partial charge on any atom is 0.416 e. The van der Waals surface area contributed by atoms with Gasteiger partial charge in [-0.3, -0.25) is 4.79 Å². The number of carbonyl (C=O) groups excluding carboxylic acids is 1. The lowest BCUT2D eigenvalue weighted by atomic mass is 10.1. The van der Waals surface area contributed by atoms with Gasteiger partial charge >= 0.3 is 6.18 Å². The molecule has 1 unspecified atom stereocenters. The molecule has 1 heterocycles. The maximum absolute atomic E-state index is 12.3. The highest BCUT2D eigenvalue weighted by molar-refractivity contribution is 5.90. The van der Waals surface area contributed by atoms with E-state index in [0.29, 0.717) is 0 Å². The van der Waals surface area contributed by atoms with Crippen LogP contribution in [0.4, 0.5) is 13.2 Å². The third kappa shape index (κ3) is 3.41. The molecule has 1 amide bonds. The van der Waals surface area contributed by atoms with Gasteiger partial charge in [0.15, 0.2) is 6.10 Å². The molecule has 0 bridgehead atoms. The summed E-state index contributed by atoms with van der Waals surface area (Å²) >= 11 is 0. The SMILES string of the molecule is Cc1cccc2c(CC(=O)N(C)CC(O)C(F)(F)F)c[nH]c12. The number of aromatic amines is 1. The van der Waals surface area contributed by atoms with Crippen molar-refractivity contribution in [2.24, 2.45) is 0 Å². The Hall–Kier alpha value is -2.02. The maximum atomic E-state index is 12.3. The molecule has 0 aliphatic rings. The molecule has 2 rings (SSSR count). The van der Waals surface area contributed by atoms with Crippen LogP contribution in [0.15, 0.2) is 24.4 Å². The monoisotopic (exact) mass is 314 g/mol. The van der Waals surface area contributed by atoms with E-state index in [1.54, 1.807) is 6.20 Å². The van der Waals surface area contributed by atoms with Crippen molar-refractivity contribution in [1.82, 2.24) is 9.88 Å². The second-order valence-electron chi connectivity index (χ2n) is 5.32. The van der Waals surface area contributed by atoms with Crippen LogP contribution >= 0.6 is 0 Å². The first-order valence-electron chi connectivity index (χ1n) is 6.74. The number of carbonyl (C=O) groups is 1. The van der Waals surface area contributed by atoms with Crippen molar-refractivity contribution in [2.45, 2.75) is 25.6 Å². The van der Waals surface area contributed by atoms with Crippen LogP contribution < -0.4 is 0 Å². The second kappa shape index (κ2) is 6.00. The number of aromatic nitrogens is 1. The fourth-order valence-electron chi connectivity index (χ4n) is 2.27. The molecule has 4 nitrogen and oxygen atoms in total. The Bertz CT molecular complexity index is 679.